The fraction of sp³-hybridized carbons (Fsp3) is 1.00. The minimum atomic E-state index is 0. The summed E-state index contributed by atoms with van der Waals surface area (Å²) >= 11 is 0. The fourth-order valence-corrected chi connectivity index (χ4v) is 0. The van der Waals surface area contributed by atoms with Crippen molar-refractivity contribution in [1.82, 2.24) is 0 Å². The third-order valence-corrected chi connectivity index (χ3v) is 0.500. The molecular formula is C4H12Sr. The first-order chi connectivity index (χ1) is 1.91. The molecule has 0 aromatic carbocycles. The normalized spacial score (nSPS) is 6.00. The Morgan fingerprint density at radius 2 is 1.20 bits per heavy atom. The second kappa shape index (κ2) is 9.08. The molecule has 0 N–H and O–H groups in total. The van der Waals surface area contributed by atoms with Crippen molar-refractivity contribution in [3.05, 3.63) is 0 Å². The summed E-state index contributed by atoms with van der Waals surface area (Å²) in [4.78, 5) is 0. The van der Waals surface area contributed by atoms with Gasteiger partial charge in [0.1, 0.15) is 0 Å². The minimum absolute atomic E-state index is 0. The molecule has 0 saturated carbocycles. The summed E-state index contributed by atoms with van der Waals surface area (Å²) in [5.74, 6) is 0. The Kier molecular flexibility index (Phi) is 17.6. The molecule has 0 aliphatic rings. The van der Waals surface area contributed by atoms with Gasteiger partial charge in [-0.1, -0.05) is 26.7 Å². The van der Waals surface area contributed by atoms with Gasteiger partial charge in [0.15, 0.2) is 0 Å². The van der Waals surface area contributed by atoms with E-state index in [-0.39, 0.29) is 45.5 Å². The van der Waals surface area contributed by atoms with Gasteiger partial charge in [-0.2, -0.15) is 0 Å². The second-order valence-corrected chi connectivity index (χ2v) is 1.000. The van der Waals surface area contributed by atoms with Gasteiger partial charge in [-0.05, 0) is 0 Å². The Balaban J connectivity index is 0. The van der Waals surface area contributed by atoms with Gasteiger partial charge in [0.05, 0.1) is 0 Å². The molecule has 0 aliphatic carbocycles. The molecular weight excluding hydrogens is 136 g/mol. The van der Waals surface area contributed by atoms with E-state index in [1.807, 2.05) is 0 Å². The zero-order valence-electron chi connectivity index (χ0n) is 3.41. The Labute approximate surface area is 71.2 Å². The maximum atomic E-state index is 2.18. The standard InChI is InChI=1S/C4H10.Sr.2H/c1-3-4-2;;;/h3-4H2,1-2H3;;;. The van der Waals surface area contributed by atoms with Crippen LogP contribution in [0, 0.1) is 0 Å². The third kappa shape index (κ3) is 10.8. The van der Waals surface area contributed by atoms with Crippen LogP contribution >= 0.6 is 0 Å². The van der Waals surface area contributed by atoms with Crippen molar-refractivity contribution in [3.8, 4) is 0 Å². The van der Waals surface area contributed by atoms with Crippen LogP contribution in [0.3, 0.4) is 0 Å². The van der Waals surface area contributed by atoms with E-state index in [4.69, 9.17) is 0 Å². The molecule has 0 heterocycles. The zero-order valence-corrected chi connectivity index (χ0v) is 3.41. The molecule has 0 radical (unpaired) electrons. The number of unbranched alkanes of at least 4 members (excludes halogenated alkanes) is 1. The molecule has 1 heteroatoms. The van der Waals surface area contributed by atoms with Crippen LogP contribution in [0.1, 0.15) is 26.7 Å². The van der Waals surface area contributed by atoms with Crippen LogP contribution in [0.2, 0.25) is 0 Å². The summed E-state index contributed by atoms with van der Waals surface area (Å²) in [6, 6.07) is 0. The van der Waals surface area contributed by atoms with E-state index >= 15 is 0 Å². The van der Waals surface area contributed by atoms with Crippen molar-refractivity contribution in [2.75, 3.05) is 0 Å². The molecule has 0 bridgehead atoms. The monoisotopic (exact) mass is 148 g/mol. The van der Waals surface area contributed by atoms with Gasteiger partial charge in [0, 0.05) is 0 Å². The van der Waals surface area contributed by atoms with Crippen LogP contribution in [0.25, 0.3) is 0 Å². The van der Waals surface area contributed by atoms with E-state index < -0.39 is 0 Å². The molecule has 0 saturated heterocycles. The van der Waals surface area contributed by atoms with E-state index in [2.05, 4.69) is 13.8 Å². The molecule has 0 aliphatic heterocycles. The van der Waals surface area contributed by atoms with Crippen molar-refractivity contribution in [2.45, 2.75) is 26.7 Å². The Morgan fingerprint density at radius 1 is 1.00 bits per heavy atom. The predicted molar refractivity (Wildman–Crippen MR) is 29.1 cm³/mol. The summed E-state index contributed by atoms with van der Waals surface area (Å²) in [6.07, 6.45) is 2.64. The van der Waals surface area contributed by atoms with Gasteiger partial charge in [0.2, 0.25) is 0 Å². The fourth-order valence-electron chi connectivity index (χ4n) is 0. The summed E-state index contributed by atoms with van der Waals surface area (Å²) < 4.78 is 0. The summed E-state index contributed by atoms with van der Waals surface area (Å²) in [7, 11) is 0. The summed E-state index contributed by atoms with van der Waals surface area (Å²) in [5.41, 5.74) is 0. The van der Waals surface area contributed by atoms with Crippen LogP contribution in [-0.4, -0.2) is 45.5 Å². The van der Waals surface area contributed by atoms with Gasteiger partial charge in [-0.3, -0.25) is 0 Å². The molecule has 0 rings (SSSR count). The first kappa shape index (κ1) is 9.70. The maximum absolute atomic E-state index is 2.18. The van der Waals surface area contributed by atoms with Crippen molar-refractivity contribution in [2.24, 2.45) is 0 Å². The topological polar surface area (TPSA) is 0 Å². The molecule has 0 unspecified atom stereocenters. The SMILES string of the molecule is CCCC.[SrH2]. The molecule has 0 aromatic rings. The van der Waals surface area contributed by atoms with Gasteiger partial charge >= 0.3 is 45.5 Å². The molecule has 30 valence electrons. The average Bonchev–Trinajstić information content (AvgIpc) is 1.37. The van der Waals surface area contributed by atoms with Crippen LogP contribution in [0.15, 0.2) is 0 Å². The van der Waals surface area contributed by atoms with E-state index in [1.54, 1.807) is 0 Å². The van der Waals surface area contributed by atoms with Gasteiger partial charge in [-0.25, -0.2) is 0 Å². The van der Waals surface area contributed by atoms with E-state index in [1.165, 1.54) is 12.8 Å². The Morgan fingerprint density at radius 3 is 1.20 bits per heavy atom. The quantitative estimate of drug-likeness (QED) is 0.484. The van der Waals surface area contributed by atoms with Crippen molar-refractivity contribution in [3.63, 3.8) is 0 Å². The van der Waals surface area contributed by atoms with Crippen molar-refractivity contribution < 1.29 is 0 Å². The number of rotatable bonds is 1. The van der Waals surface area contributed by atoms with Gasteiger partial charge < -0.3 is 0 Å². The molecule has 5 heavy (non-hydrogen) atoms. The summed E-state index contributed by atoms with van der Waals surface area (Å²) in [6.45, 7) is 4.36. The molecule has 0 nitrogen and oxygen atoms in total. The predicted octanol–water partition coefficient (Wildman–Crippen LogP) is 0.890. The van der Waals surface area contributed by atoms with Crippen molar-refractivity contribution in [1.29, 1.82) is 0 Å². The van der Waals surface area contributed by atoms with E-state index in [0.29, 0.717) is 0 Å². The van der Waals surface area contributed by atoms with Crippen LogP contribution in [0.5, 0.6) is 0 Å². The molecule has 0 atom stereocenters. The summed E-state index contributed by atoms with van der Waals surface area (Å²) in [5, 5.41) is 0. The van der Waals surface area contributed by atoms with Crippen LogP contribution < -0.4 is 0 Å². The first-order valence-corrected chi connectivity index (χ1v) is 1.91. The molecule has 0 fully saturated rings. The van der Waals surface area contributed by atoms with E-state index in [9.17, 15) is 0 Å². The number of hydrogen-bond acceptors (Lipinski definition) is 0. The second-order valence-electron chi connectivity index (χ2n) is 1.000. The first-order valence-electron chi connectivity index (χ1n) is 1.91. The van der Waals surface area contributed by atoms with Crippen molar-refractivity contribution >= 4 is 45.5 Å². The number of hydrogen-bond donors (Lipinski definition) is 0. The van der Waals surface area contributed by atoms with Crippen LogP contribution in [-0.2, 0) is 0 Å². The molecule has 0 spiro atoms. The molecule has 0 aromatic heterocycles. The Hall–Kier alpha value is 1.48. The average molecular weight is 148 g/mol. The zero-order chi connectivity index (χ0) is 3.41. The van der Waals surface area contributed by atoms with Gasteiger partial charge in [-0.15, -0.1) is 0 Å². The van der Waals surface area contributed by atoms with Crippen LogP contribution in [0.4, 0.5) is 0 Å². The van der Waals surface area contributed by atoms with E-state index in [0.717, 1.165) is 0 Å². The van der Waals surface area contributed by atoms with Gasteiger partial charge in [0.25, 0.3) is 0 Å². The third-order valence-electron chi connectivity index (χ3n) is 0.500. The Bertz CT molecular complexity index is 5.61. The molecule has 0 amide bonds.